The standard InChI is InChI=1S/C23H36O2S/c1-23(2,3)22(26(4)16-14-25-15-17-26)21(24)20-12-10-19(11-13-20)18-8-6-5-7-9-18/h10-13,18,22H,5-9,14-17H2,1-4H3. The molecule has 2 aliphatic rings. The molecular weight excluding hydrogens is 340 g/mol. The summed E-state index contributed by atoms with van der Waals surface area (Å²) in [6, 6.07) is 8.66. The molecule has 146 valence electrons. The molecule has 26 heavy (non-hydrogen) atoms. The molecule has 0 amide bonds. The number of Topliss-reactive ketones (excluding diaryl/α,β-unsaturated/α-hetero) is 1. The number of ketones is 1. The maximum atomic E-state index is 13.6. The summed E-state index contributed by atoms with van der Waals surface area (Å²) in [5.41, 5.74) is 2.32. The molecule has 3 rings (SSSR count). The Hall–Kier alpha value is -0.800. The van der Waals surface area contributed by atoms with Gasteiger partial charge in [-0.1, -0.05) is 64.3 Å². The number of hydrogen-bond donors (Lipinski definition) is 0. The average molecular weight is 377 g/mol. The lowest BCUT2D eigenvalue weighted by Gasteiger charge is -2.50. The zero-order chi connectivity index (χ0) is 18.8. The number of hydrogen-bond acceptors (Lipinski definition) is 2. The normalized spacial score (nSPS) is 24.0. The molecule has 1 heterocycles. The van der Waals surface area contributed by atoms with Crippen molar-refractivity contribution in [1.29, 1.82) is 0 Å². The molecule has 0 bridgehead atoms. The topological polar surface area (TPSA) is 26.3 Å². The Morgan fingerprint density at radius 3 is 2.15 bits per heavy atom. The lowest BCUT2D eigenvalue weighted by Crippen LogP contribution is -2.43. The number of ether oxygens (including phenoxy) is 1. The molecule has 1 aromatic carbocycles. The third-order valence-corrected chi connectivity index (χ3v) is 10.5. The van der Waals surface area contributed by atoms with E-state index in [1.807, 2.05) is 0 Å². The summed E-state index contributed by atoms with van der Waals surface area (Å²) >= 11 is 0. The van der Waals surface area contributed by atoms with E-state index in [0.717, 1.165) is 30.3 Å². The van der Waals surface area contributed by atoms with Crippen molar-refractivity contribution >= 4 is 15.8 Å². The van der Waals surface area contributed by atoms with Crippen molar-refractivity contribution in [2.24, 2.45) is 5.41 Å². The van der Waals surface area contributed by atoms with Crippen LogP contribution in [-0.4, -0.2) is 42.0 Å². The summed E-state index contributed by atoms with van der Waals surface area (Å²) in [4.78, 5) is 13.6. The van der Waals surface area contributed by atoms with E-state index in [4.69, 9.17) is 4.74 Å². The highest BCUT2D eigenvalue weighted by atomic mass is 32.3. The fraction of sp³-hybridized carbons (Fsp3) is 0.696. The van der Waals surface area contributed by atoms with Crippen LogP contribution in [0.2, 0.25) is 0 Å². The Labute approximate surface area is 161 Å². The van der Waals surface area contributed by atoms with E-state index in [1.54, 1.807) is 0 Å². The molecule has 0 aromatic heterocycles. The minimum Gasteiger partial charge on any atom is -0.380 e. The fourth-order valence-corrected chi connectivity index (χ4v) is 8.98. The average Bonchev–Trinajstić information content (AvgIpc) is 2.62. The van der Waals surface area contributed by atoms with E-state index < -0.39 is 10.0 Å². The highest BCUT2D eigenvalue weighted by Crippen LogP contribution is 2.57. The lowest BCUT2D eigenvalue weighted by molar-refractivity contribution is 0.0945. The Kier molecular flexibility index (Phi) is 6.18. The van der Waals surface area contributed by atoms with Crippen molar-refractivity contribution in [1.82, 2.24) is 0 Å². The molecule has 1 aliphatic carbocycles. The number of carbonyl (C=O) groups excluding carboxylic acids is 1. The van der Waals surface area contributed by atoms with Crippen LogP contribution in [0.5, 0.6) is 0 Å². The lowest BCUT2D eigenvalue weighted by atomic mass is 9.83. The maximum absolute atomic E-state index is 13.6. The molecule has 1 unspecified atom stereocenters. The summed E-state index contributed by atoms with van der Waals surface area (Å²) in [6.07, 6.45) is 9.06. The second-order valence-corrected chi connectivity index (χ2v) is 13.4. The van der Waals surface area contributed by atoms with Crippen LogP contribution in [0.4, 0.5) is 0 Å². The summed E-state index contributed by atoms with van der Waals surface area (Å²) in [6.45, 7) is 8.33. The van der Waals surface area contributed by atoms with Crippen LogP contribution in [0.15, 0.2) is 24.3 Å². The summed E-state index contributed by atoms with van der Waals surface area (Å²) < 4.78 is 5.61. The van der Waals surface area contributed by atoms with E-state index in [2.05, 4.69) is 51.3 Å². The Bertz CT molecular complexity index is 602. The van der Waals surface area contributed by atoms with Crippen LogP contribution in [0, 0.1) is 5.41 Å². The first-order valence-electron chi connectivity index (χ1n) is 10.3. The Morgan fingerprint density at radius 2 is 1.62 bits per heavy atom. The third-order valence-electron chi connectivity index (χ3n) is 6.25. The number of carbonyl (C=O) groups is 1. The first-order chi connectivity index (χ1) is 12.3. The predicted molar refractivity (Wildman–Crippen MR) is 114 cm³/mol. The van der Waals surface area contributed by atoms with Crippen LogP contribution < -0.4 is 0 Å². The predicted octanol–water partition coefficient (Wildman–Crippen LogP) is 5.80. The van der Waals surface area contributed by atoms with Gasteiger partial charge in [0.2, 0.25) is 0 Å². The zero-order valence-corrected chi connectivity index (χ0v) is 17.9. The van der Waals surface area contributed by atoms with Gasteiger partial charge in [0.25, 0.3) is 0 Å². The van der Waals surface area contributed by atoms with Gasteiger partial charge in [-0.05, 0) is 36.0 Å². The van der Waals surface area contributed by atoms with Crippen molar-refractivity contribution in [3.8, 4) is 0 Å². The molecule has 0 N–H and O–H groups in total. The van der Waals surface area contributed by atoms with Crippen LogP contribution in [0.3, 0.4) is 0 Å². The van der Waals surface area contributed by atoms with Gasteiger partial charge >= 0.3 is 0 Å². The van der Waals surface area contributed by atoms with Crippen LogP contribution >= 0.6 is 10.0 Å². The van der Waals surface area contributed by atoms with Gasteiger partial charge in [-0.2, -0.15) is 0 Å². The molecule has 1 aliphatic heterocycles. The summed E-state index contributed by atoms with van der Waals surface area (Å²) in [5, 5.41) is 0.111. The van der Waals surface area contributed by atoms with Gasteiger partial charge in [-0.3, -0.25) is 4.79 Å². The molecule has 3 heteroatoms. The van der Waals surface area contributed by atoms with Crippen molar-refractivity contribution in [2.75, 3.05) is 31.0 Å². The van der Waals surface area contributed by atoms with Gasteiger partial charge in [0.15, 0.2) is 5.78 Å². The highest BCUT2D eigenvalue weighted by Gasteiger charge is 2.43. The Morgan fingerprint density at radius 1 is 1.04 bits per heavy atom. The van der Waals surface area contributed by atoms with Crippen molar-refractivity contribution in [3.05, 3.63) is 35.4 Å². The fourth-order valence-electron chi connectivity index (χ4n) is 4.95. The quantitative estimate of drug-likeness (QED) is 0.621. The first kappa shape index (κ1) is 19.9. The summed E-state index contributed by atoms with van der Waals surface area (Å²) in [7, 11) is -0.991. The maximum Gasteiger partial charge on any atom is 0.174 e. The van der Waals surface area contributed by atoms with Crippen molar-refractivity contribution < 1.29 is 9.53 Å². The molecule has 0 spiro atoms. The van der Waals surface area contributed by atoms with Gasteiger partial charge in [-0.25, -0.2) is 10.0 Å². The molecule has 2 nitrogen and oxygen atoms in total. The monoisotopic (exact) mass is 376 g/mol. The van der Waals surface area contributed by atoms with Gasteiger partial charge in [-0.15, -0.1) is 0 Å². The SMILES string of the molecule is CC(C)(C)C(C(=O)c1ccc(C2CCCCC2)cc1)S1(C)CCOCC1. The van der Waals surface area contributed by atoms with Crippen LogP contribution in [0.25, 0.3) is 0 Å². The minimum atomic E-state index is -0.991. The van der Waals surface area contributed by atoms with Gasteiger partial charge in [0, 0.05) is 17.1 Å². The molecule has 1 saturated heterocycles. The number of rotatable bonds is 4. The second-order valence-electron chi connectivity index (χ2n) is 9.44. The molecule has 2 fully saturated rings. The number of benzene rings is 1. The van der Waals surface area contributed by atoms with E-state index >= 15 is 0 Å². The molecule has 1 atom stereocenters. The molecular formula is C23H36O2S. The van der Waals surface area contributed by atoms with Crippen molar-refractivity contribution in [3.63, 3.8) is 0 Å². The Balaban J connectivity index is 1.82. The van der Waals surface area contributed by atoms with Crippen LogP contribution in [-0.2, 0) is 4.74 Å². The molecule has 1 aromatic rings. The zero-order valence-electron chi connectivity index (χ0n) is 17.1. The minimum absolute atomic E-state index is 0.0133. The first-order valence-corrected chi connectivity index (χ1v) is 12.7. The highest BCUT2D eigenvalue weighted by molar-refractivity contribution is 8.34. The van der Waals surface area contributed by atoms with Crippen molar-refractivity contribution in [2.45, 2.75) is 64.0 Å². The van der Waals surface area contributed by atoms with E-state index in [9.17, 15) is 4.79 Å². The van der Waals surface area contributed by atoms with E-state index in [-0.39, 0.29) is 10.7 Å². The summed E-state index contributed by atoms with van der Waals surface area (Å²) in [5.74, 6) is 3.17. The molecule has 1 saturated carbocycles. The molecule has 0 radical (unpaired) electrons. The van der Waals surface area contributed by atoms with Crippen LogP contribution in [0.1, 0.15) is 74.7 Å². The third kappa shape index (κ3) is 4.36. The largest absolute Gasteiger partial charge is 0.380 e. The van der Waals surface area contributed by atoms with E-state index in [1.165, 1.54) is 37.7 Å². The van der Waals surface area contributed by atoms with Gasteiger partial charge < -0.3 is 4.74 Å². The van der Waals surface area contributed by atoms with Gasteiger partial charge in [0.05, 0.1) is 18.5 Å². The second kappa shape index (κ2) is 8.06. The smallest absolute Gasteiger partial charge is 0.174 e. The van der Waals surface area contributed by atoms with Gasteiger partial charge in [0.1, 0.15) is 0 Å². The van der Waals surface area contributed by atoms with E-state index in [0.29, 0.717) is 11.7 Å².